The lowest BCUT2D eigenvalue weighted by Crippen LogP contribution is -1.91. The first-order valence-corrected chi connectivity index (χ1v) is 7.83. The second-order valence-corrected chi connectivity index (χ2v) is 6.11. The summed E-state index contributed by atoms with van der Waals surface area (Å²) in [6, 6.07) is 12.2. The van der Waals surface area contributed by atoms with E-state index in [0.29, 0.717) is 0 Å². The first kappa shape index (κ1) is 14.6. The highest BCUT2D eigenvalue weighted by atomic mass is 32.1. The summed E-state index contributed by atoms with van der Waals surface area (Å²) in [6.45, 7) is 4.18. The topological polar surface area (TPSA) is 48.1 Å². The molecule has 0 aliphatic rings. The molecule has 0 radical (unpaired) electrons. The molecule has 0 amide bonds. The predicted molar refractivity (Wildman–Crippen MR) is 93.4 cm³/mol. The third-order valence-electron chi connectivity index (χ3n) is 3.89. The number of nitrogens with zero attached hydrogens (tertiary/aromatic N) is 1. The third kappa shape index (κ3) is 2.57. The fourth-order valence-electron chi connectivity index (χ4n) is 2.49. The number of anilines is 1. The zero-order chi connectivity index (χ0) is 15.7. The zero-order valence-corrected chi connectivity index (χ0v) is 13.7. The highest BCUT2D eigenvalue weighted by Gasteiger charge is 2.13. The predicted octanol–water partition coefficient (Wildman–Crippen LogP) is 4.68. The van der Waals surface area contributed by atoms with E-state index in [9.17, 15) is 0 Å². The molecular weight excluding hydrogens is 292 g/mol. The molecule has 0 atom stereocenters. The summed E-state index contributed by atoms with van der Waals surface area (Å²) in [6.07, 6.45) is 1.91. The van der Waals surface area contributed by atoms with E-state index in [1.807, 2.05) is 30.5 Å². The second kappa shape index (κ2) is 5.81. The average Bonchev–Trinajstić information content (AvgIpc) is 3.00. The minimum atomic E-state index is 0.765. The molecule has 2 N–H and O–H groups in total. The number of hydrogen-bond donors (Lipinski definition) is 1. The molecule has 2 aromatic carbocycles. The minimum Gasteiger partial charge on any atom is -0.496 e. The van der Waals surface area contributed by atoms with Crippen molar-refractivity contribution in [3.8, 4) is 27.3 Å². The van der Waals surface area contributed by atoms with Crippen LogP contribution in [0.2, 0.25) is 0 Å². The van der Waals surface area contributed by atoms with Gasteiger partial charge in [0.15, 0.2) is 0 Å². The van der Waals surface area contributed by atoms with Crippen LogP contribution in [0.15, 0.2) is 42.6 Å². The number of hydrogen-bond acceptors (Lipinski definition) is 4. The number of benzene rings is 2. The first-order chi connectivity index (χ1) is 10.6. The molecule has 0 saturated heterocycles. The first-order valence-electron chi connectivity index (χ1n) is 7.06. The van der Waals surface area contributed by atoms with Gasteiger partial charge in [-0.1, -0.05) is 18.2 Å². The van der Waals surface area contributed by atoms with Crippen LogP contribution in [0, 0.1) is 13.8 Å². The average molecular weight is 310 g/mol. The van der Waals surface area contributed by atoms with Gasteiger partial charge in [-0.15, -0.1) is 0 Å². The van der Waals surface area contributed by atoms with Crippen LogP contribution in [0.3, 0.4) is 0 Å². The van der Waals surface area contributed by atoms with Crippen molar-refractivity contribution in [3.63, 3.8) is 0 Å². The van der Waals surface area contributed by atoms with Crippen molar-refractivity contribution < 1.29 is 4.74 Å². The Labute approximate surface area is 134 Å². The Kier molecular flexibility index (Phi) is 3.86. The van der Waals surface area contributed by atoms with Gasteiger partial charge in [-0.2, -0.15) is 4.37 Å². The normalized spacial score (nSPS) is 10.7. The van der Waals surface area contributed by atoms with E-state index in [1.54, 1.807) is 7.11 Å². The highest BCUT2D eigenvalue weighted by molar-refractivity contribution is 7.10. The quantitative estimate of drug-likeness (QED) is 0.714. The van der Waals surface area contributed by atoms with Gasteiger partial charge in [-0.3, -0.25) is 0 Å². The lowest BCUT2D eigenvalue weighted by atomic mass is 9.99. The molecule has 112 valence electrons. The Bertz CT molecular complexity index is 806. The van der Waals surface area contributed by atoms with Crippen molar-refractivity contribution in [2.75, 3.05) is 12.8 Å². The van der Waals surface area contributed by atoms with Crippen molar-refractivity contribution in [2.45, 2.75) is 13.8 Å². The van der Waals surface area contributed by atoms with E-state index in [1.165, 1.54) is 22.7 Å². The maximum absolute atomic E-state index is 5.77. The van der Waals surface area contributed by atoms with E-state index < -0.39 is 0 Å². The second-order valence-electron chi connectivity index (χ2n) is 5.31. The van der Waals surface area contributed by atoms with E-state index in [0.717, 1.165) is 33.0 Å². The maximum atomic E-state index is 5.77. The summed E-state index contributed by atoms with van der Waals surface area (Å²) in [5.74, 6) is 0.909. The SMILES string of the molecule is COc1cc(-c2sncc2-c2ccc(N)cc2)cc(C)c1C. The van der Waals surface area contributed by atoms with Crippen LogP contribution in [0.4, 0.5) is 5.69 Å². The summed E-state index contributed by atoms with van der Waals surface area (Å²) < 4.78 is 9.87. The van der Waals surface area contributed by atoms with Crippen molar-refractivity contribution in [1.29, 1.82) is 0 Å². The Morgan fingerprint density at radius 2 is 1.77 bits per heavy atom. The molecule has 4 heteroatoms. The summed E-state index contributed by atoms with van der Waals surface area (Å²) in [4.78, 5) is 1.14. The van der Waals surface area contributed by atoms with Gasteiger partial charge < -0.3 is 10.5 Å². The number of nitrogen functional groups attached to an aromatic ring is 1. The lowest BCUT2D eigenvalue weighted by molar-refractivity contribution is 0.411. The molecule has 1 heterocycles. The zero-order valence-electron chi connectivity index (χ0n) is 12.9. The fraction of sp³-hybridized carbons (Fsp3) is 0.167. The molecule has 1 aromatic heterocycles. The van der Waals surface area contributed by atoms with Gasteiger partial charge in [-0.05, 0) is 65.8 Å². The third-order valence-corrected chi connectivity index (χ3v) is 4.74. The molecule has 0 fully saturated rings. The van der Waals surface area contributed by atoms with Crippen molar-refractivity contribution in [3.05, 3.63) is 53.7 Å². The van der Waals surface area contributed by atoms with Gasteiger partial charge >= 0.3 is 0 Å². The summed E-state index contributed by atoms with van der Waals surface area (Å²) >= 11 is 1.50. The number of ether oxygens (including phenoxy) is 1. The van der Waals surface area contributed by atoms with Gasteiger partial charge in [0.25, 0.3) is 0 Å². The van der Waals surface area contributed by atoms with Crippen LogP contribution < -0.4 is 10.5 Å². The van der Waals surface area contributed by atoms with Gasteiger partial charge in [0.2, 0.25) is 0 Å². The molecule has 0 aliphatic carbocycles. The van der Waals surface area contributed by atoms with Crippen LogP contribution in [-0.4, -0.2) is 11.5 Å². The maximum Gasteiger partial charge on any atom is 0.122 e. The van der Waals surface area contributed by atoms with Crippen LogP contribution >= 0.6 is 11.5 Å². The number of aryl methyl sites for hydroxylation is 1. The standard InChI is InChI=1S/C18H18N2OS/c1-11-8-14(9-17(21-3)12(11)2)18-16(10-20-22-18)13-4-6-15(19)7-5-13/h4-10H,19H2,1-3H3. The lowest BCUT2D eigenvalue weighted by Gasteiger charge is -2.11. The molecule has 3 nitrogen and oxygen atoms in total. The van der Waals surface area contributed by atoms with Crippen molar-refractivity contribution >= 4 is 17.2 Å². The number of rotatable bonds is 3. The molecule has 0 bridgehead atoms. The summed E-state index contributed by atoms with van der Waals surface area (Å²) in [7, 11) is 1.71. The smallest absolute Gasteiger partial charge is 0.122 e. The molecular formula is C18H18N2OS. The molecule has 0 spiro atoms. The highest BCUT2D eigenvalue weighted by Crippen LogP contribution is 2.38. The van der Waals surface area contributed by atoms with Crippen LogP contribution in [0.1, 0.15) is 11.1 Å². The monoisotopic (exact) mass is 310 g/mol. The number of nitrogens with two attached hydrogens (primary N) is 1. The Hall–Kier alpha value is -2.33. The molecule has 0 saturated carbocycles. The molecule has 22 heavy (non-hydrogen) atoms. The van der Waals surface area contributed by atoms with Crippen LogP contribution in [0.5, 0.6) is 5.75 Å². The van der Waals surface area contributed by atoms with Gasteiger partial charge in [-0.25, -0.2) is 0 Å². The van der Waals surface area contributed by atoms with Crippen molar-refractivity contribution in [2.24, 2.45) is 0 Å². The van der Waals surface area contributed by atoms with E-state index in [4.69, 9.17) is 10.5 Å². The summed E-state index contributed by atoms with van der Waals surface area (Å²) in [5, 5.41) is 0. The van der Waals surface area contributed by atoms with Crippen molar-refractivity contribution in [1.82, 2.24) is 4.37 Å². The van der Waals surface area contributed by atoms with Gasteiger partial charge in [0, 0.05) is 17.4 Å². The van der Waals surface area contributed by atoms with E-state index >= 15 is 0 Å². The van der Waals surface area contributed by atoms with E-state index in [-0.39, 0.29) is 0 Å². The molecule has 0 unspecified atom stereocenters. The largest absolute Gasteiger partial charge is 0.496 e. The van der Waals surface area contributed by atoms with Crippen LogP contribution in [-0.2, 0) is 0 Å². The number of aromatic nitrogens is 1. The molecule has 3 aromatic rings. The number of methoxy groups -OCH3 is 1. The molecule has 0 aliphatic heterocycles. The summed E-state index contributed by atoms with van der Waals surface area (Å²) in [5.41, 5.74) is 12.3. The van der Waals surface area contributed by atoms with Gasteiger partial charge in [0.1, 0.15) is 5.75 Å². The minimum absolute atomic E-state index is 0.765. The molecule has 3 rings (SSSR count). The van der Waals surface area contributed by atoms with E-state index in [2.05, 4.69) is 30.4 Å². The van der Waals surface area contributed by atoms with Crippen LogP contribution in [0.25, 0.3) is 21.6 Å². The fourth-order valence-corrected chi connectivity index (χ4v) is 3.24. The Balaban J connectivity index is 2.13. The Morgan fingerprint density at radius 1 is 1.05 bits per heavy atom. The van der Waals surface area contributed by atoms with Gasteiger partial charge in [0.05, 0.1) is 12.0 Å². The Morgan fingerprint density at radius 3 is 2.45 bits per heavy atom.